The van der Waals surface area contributed by atoms with Gasteiger partial charge in [-0.3, -0.25) is 9.48 Å². The zero-order valence-corrected chi connectivity index (χ0v) is 10.3. The Morgan fingerprint density at radius 2 is 2.44 bits per heavy atom. The molecule has 1 N–H and O–H groups in total. The highest BCUT2D eigenvalue weighted by Crippen LogP contribution is 2.35. The highest BCUT2D eigenvalue weighted by molar-refractivity contribution is 6.21. The van der Waals surface area contributed by atoms with Crippen molar-refractivity contribution in [3.05, 3.63) is 17.5 Å². The van der Waals surface area contributed by atoms with Crippen LogP contribution in [-0.2, 0) is 7.05 Å². The van der Waals surface area contributed by atoms with Crippen LogP contribution in [0, 0.1) is 12.8 Å². The molecule has 1 fully saturated rings. The molecule has 1 aliphatic rings. The first kappa shape index (κ1) is 11.5. The molecular formula is C11H16ClN3O. The van der Waals surface area contributed by atoms with E-state index in [2.05, 4.69) is 10.4 Å². The van der Waals surface area contributed by atoms with E-state index in [1.54, 1.807) is 17.9 Å². The number of aryl methyl sites for hydroxylation is 2. The fourth-order valence-electron chi connectivity index (χ4n) is 1.73. The average molecular weight is 242 g/mol. The van der Waals surface area contributed by atoms with Crippen LogP contribution in [0.4, 0.5) is 0 Å². The van der Waals surface area contributed by atoms with Crippen LogP contribution in [0.3, 0.4) is 0 Å². The molecule has 0 spiro atoms. The van der Waals surface area contributed by atoms with E-state index in [9.17, 15) is 4.79 Å². The van der Waals surface area contributed by atoms with E-state index >= 15 is 0 Å². The Morgan fingerprint density at radius 3 is 2.94 bits per heavy atom. The van der Waals surface area contributed by atoms with Crippen molar-refractivity contribution in [3.8, 4) is 0 Å². The number of carbonyl (C=O) groups is 1. The SMILES string of the molecule is Cc1nn(C)cc1C(=O)NCC(Cl)C1CC1. The first-order chi connectivity index (χ1) is 7.58. The molecule has 1 atom stereocenters. The summed E-state index contributed by atoms with van der Waals surface area (Å²) in [6, 6.07) is 0. The first-order valence-electron chi connectivity index (χ1n) is 5.50. The number of nitrogens with one attached hydrogen (secondary N) is 1. The van der Waals surface area contributed by atoms with Gasteiger partial charge in [0, 0.05) is 19.8 Å². The minimum atomic E-state index is -0.0862. The zero-order chi connectivity index (χ0) is 11.7. The predicted octanol–water partition coefficient (Wildman–Crippen LogP) is 1.48. The van der Waals surface area contributed by atoms with Crippen molar-refractivity contribution in [1.29, 1.82) is 0 Å². The molecule has 16 heavy (non-hydrogen) atoms. The molecule has 0 radical (unpaired) electrons. The summed E-state index contributed by atoms with van der Waals surface area (Å²) in [5.74, 6) is 0.508. The normalized spacial score (nSPS) is 17.2. The van der Waals surface area contributed by atoms with Crippen LogP contribution >= 0.6 is 11.6 Å². The highest BCUT2D eigenvalue weighted by Gasteiger charge is 2.29. The monoisotopic (exact) mass is 241 g/mol. The van der Waals surface area contributed by atoms with Gasteiger partial charge in [-0.1, -0.05) is 0 Å². The Labute approximate surface area is 100.0 Å². The molecule has 0 aliphatic heterocycles. The molecular weight excluding hydrogens is 226 g/mol. The van der Waals surface area contributed by atoms with E-state index in [0.717, 1.165) is 5.69 Å². The minimum Gasteiger partial charge on any atom is -0.350 e. The molecule has 1 unspecified atom stereocenters. The summed E-state index contributed by atoms with van der Waals surface area (Å²) in [5.41, 5.74) is 1.37. The lowest BCUT2D eigenvalue weighted by Gasteiger charge is -2.08. The molecule has 1 aromatic heterocycles. The van der Waals surface area contributed by atoms with Crippen molar-refractivity contribution in [3.63, 3.8) is 0 Å². The molecule has 5 heteroatoms. The average Bonchev–Trinajstić information content (AvgIpc) is 3.01. The van der Waals surface area contributed by atoms with E-state index in [1.165, 1.54) is 12.8 Å². The van der Waals surface area contributed by atoms with Gasteiger partial charge in [-0.15, -0.1) is 11.6 Å². The summed E-state index contributed by atoms with van der Waals surface area (Å²) < 4.78 is 1.64. The van der Waals surface area contributed by atoms with Gasteiger partial charge in [-0.25, -0.2) is 0 Å². The smallest absolute Gasteiger partial charge is 0.254 e. The number of hydrogen-bond donors (Lipinski definition) is 1. The van der Waals surface area contributed by atoms with Gasteiger partial charge >= 0.3 is 0 Å². The van der Waals surface area contributed by atoms with Gasteiger partial charge in [0.1, 0.15) is 0 Å². The maximum absolute atomic E-state index is 11.8. The van der Waals surface area contributed by atoms with Crippen LogP contribution in [-0.4, -0.2) is 27.6 Å². The first-order valence-corrected chi connectivity index (χ1v) is 5.94. The Morgan fingerprint density at radius 1 is 1.75 bits per heavy atom. The lowest BCUT2D eigenvalue weighted by atomic mass is 10.2. The van der Waals surface area contributed by atoms with Crippen LogP contribution < -0.4 is 5.32 Å². The fraction of sp³-hybridized carbons (Fsp3) is 0.636. The second kappa shape index (κ2) is 4.45. The number of hydrogen-bond acceptors (Lipinski definition) is 2. The lowest BCUT2D eigenvalue weighted by molar-refractivity contribution is 0.0952. The second-order valence-corrected chi connectivity index (χ2v) is 4.93. The van der Waals surface area contributed by atoms with Crippen LogP contribution in [0.2, 0.25) is 0 Å². The van der Waals surface area contributed by atoms with Gasteiger partial charge in [0.25, 0.3) is 5.91 Å². The van der Waals surface area contributed by atoms with Gasteiger partial charge in [-0.05, 0) is 25.7 Å². The molecule has 1 aliphatic carbocycles. The van der Waals surface area contributed by atoms with E-state index in [-0.39, 0.29) is 11.3 Å². The standard InChI is InChI=1S/C11H16ClN3O/c1-7-9(6-15(2)14-7)11(16)13-5-10(12)8-3-4-8/h6,8,10H,3-5H2,1-2H3,(H,13,16). The van der Waals surface area contributed by atoms with Gasteiger partial charge < -0.3 is 5.32 Å². The third kappa shape index (κ3) is 2.55. The number of aromatic nitrogens is 2. The van der Waals surface area contributed by atoms with Gasteiger partial charge in [0.05, 0.1) is 16.6 Å². The molecule has 2 rings (SSSR count). The number of carbonyl (C=O) groups excluding carboxylic acids is 1. The highest BCUT2D eigenvalue weighted by atomic mass is 35.5. The molecule has 0 saturated heterocycles. The largest absolute Gasteiger partial charge is 0.350 e. The van der Waals surface area contributed by atoms with Crippen molar-refractivity contribution >= 4 is 17.5 Å². The summed E-state index contributed by atoms with van der Waals surface area (Å²) in [5, 5.41) is 7.05. The van der Waals surface area contributed by atoms with Crippen LogP contribution in [0.15, 0.2) is 6.20 Å². The summed E-state index contributed by atoms with van der Waals surface area (Å²) >= 11 is 6.12. The topological polar surface area (TPSA) is 46.9 Å². The van der Waals surface area contributed by atoms with Crippen LogP contribution in [0.25, 0.3) is 0 Å². The summed E-state index contributed by atoms with van der Waals surface area (Å²) in [6.45, 7) is 2.37. The summed E-state index contributed by atoms with van der Waals surface area (Å²) in [4.78, 5) is 11.8. The molecule has 1 saturated carbocycles. The van der Waals surface area contributed by atoms with Crippen LogP contribution in [0.1, 0.15) is 28.9 Å². The maximum Gasteiger partial charge on any atom is 0.254 e. The van der Waals surface area contributed by atoms with Crippen LogP contribution in [0.5, 0.6) is 0 Å². The molecule has 0 bridgehead atoms. The molecule has 0 aromatic carbocycles. The van der Waals surface area contributed by atoms with E-state index in [4.69, 9.17) is 11.6 Å². The van der Waals surface area contributed by atoms with E-state index < -0.39 is 0 Å². The Balaban J connectivity index is 1.89. The summed E-state index contributed by atoms with van der Waals surface area (Å²) in [6.07, 6.45) is 4.11. The number of nitrogens with zero attached hydrogens (tertiary/aromatic N) is 2. The lowest BCUT2D eigenvalue weighted by Crippen LogP contribution is -2.30. The maximum atomic E-state index is 11.8. The van der Waals surface area contributed by atoms with Gasteiger partial charge in [-0.2, -0.15) is 5.10 Å². The molecule has 1 heterocycles. The molecule has 4 nitrogen and oxygen atoms in total. The van der Waals surface area contributed by atoms with Gasteiger partial charge in [0.2, 0.25) is 0 Å². The molecule has 88 valence electrons. The third-order valence-electron chi connectivity index (χ3n) is 2.85. The Hall–Kier alpha value is -1.03. The second-order valence-electron chi connectivity index (χ2n) is 4.37. The van der Waals surface area contributed by atoms with Crippen molar-refractivity contribution in [1.82, 2.24) is 15.1 Å². The number of amides is 1. The third-order valence-corrected chi connectivity index (χ3v) is 3.36. The number of alkyl halides is 1. The van der Waals surface area contributed by atoms with Crippen molar-refractivity contribution in [2.75, 3.05) is 6.54 Å². The predicted molar refractivity (Wildman–Crippen MR) is 62.6 cm³/mol. The number of halogens is 1. The van der Waals surface area contributed by atoms with Crippen molar-refractivity contribution < 1.29 is 4.79 Å². The zero-order valence-electron chi connectivity index (χ0n) is 9.53. The quantitative estimate of drug-likeness (QED) is 0.812. The van der Waals surface area contributed by atoms with Gasteiger partial charge in [0.15, 0.2) is 0 Å². The van der Waals surface area contributed by atoms with E-state index in [1.807, 2.05) is 6.92 Å². The van der Waals surface area contributed by atoms with Crippen molar-refractivity contribution in [2.24, 2.45) is 13.0 Å². The number of rotatable bonds is 4. The Bertz CT molecular complexity index is 398. The minimum absolute atomic E-state index is 0.0703. The molecule has 1 aromatic rings. The van der Waals surface area contributed by atoms with E-state index in [0.29, 0.717) is 18.0 Å². The molecule has 1 amide bonds. The fourth-order valence-corrected chi connectivity index (χ4v) is 2.06. The van der Waals surface area contributed by atoms with Crippen molar-refractivity contribution in [2.45, 2.75) is 25.1 Å². The summed E-state index contributed by atoms with van der Waals surface area (Å²) in [7, 11) is 1.80. The Kier molecular flexibility index (Phi) is 3.19.